The van der Waals surface area contributed by atoms with E-state index in [0.717, 1.165) is 56.2 Å². The number of benzene rings is 2. The summed E-state index contributed by atoms with van der Waals surface area (Å²) in [5, 5.41) is 8.80. The second kappa shape index (κ2) is 10.1. The van der Waals surface area contributed by atoms with Crippen LogP contribution in [0.5, 0.6) is 11.5 Å². The highest BCUT2D eigenvalue weighted by Gasteiger charge is 2.18. The number of rotatable bonds is 8. The lowest BCUT2D eigenvalue weighted by Gasteiger charge is -2.34. The highest BCUT2D eigenvalue weighted by Crippen LogP contribution is 2.21. The average Bonchev–Trinajstić information content (AvgIpc) is 2.73. The molecule has 5 nitrogen and oxygen atoms in total. The molecule has 0 spiro atoms. The van der Waals surface area contributed by atoms with E-state index in [9.17, 15) is 4.39 Å². The minimum atomic E-state index is -0.225. The molecule has 0 aromatic heterocycles. The summed E-state index contributed by atoms with van der Waals surface area (Å²) in [5.74, 6) is 1.31. The summed E-state index contributed by atoms with van der Waals surface area (Å²) in [4.78, 5) is 4.77. The van der Waals surface area contributed by atoms with Crippen molar-refractivity contribution in [2.75, 3.05) is 46.4 Å². The summed E-state index contributed by atoms with van der Waals surface area (Å²) in [6.45, 7) is 6.26. The van der Waals surface area contributed by atoms with Crippen molar-refractivity contribution in [3.8, 4) is 17.6 Å². The summed E-state index contributed by atoms with van der Waals surface area (Å²) in [6.07, 6.45) is 0.956. The van der Waals surface area contributed by atoms with Crippen LogP contribution in [0.4, 0.5) is 4.39 Å². The van der Waals surface area contributed by atoms with Gasteiger partial charge in [0.15, 0.2) is 0 Å². The van der Waals surface area contributed by atoms with E-state index in [1.807, 2.05) is 12.1 Å². The SMILES string of the molecule is COc1ccc(F)cc1CN1CCN(CCCOc2ccc(C#N)cc2)CC1. The predicted octanol–water partition coefficient (Wildman–Crippen LogP) is 3.29. The van der Waals surface area contributed by atoms with Crippen LogP contribution in [0.15, 0.2) is 42.5 Å². The molecule has 1 saturated heterocycles. The van der Waals surface area contributed by atoms with Crippen LogP contribution in [0.3, 0.4) is 0 Å². The molecule has 1 heterocycles. The first-order chi connectivity index (χ1) is 13.7. The zero-order valence-electron chi connectivity index (χ0n) is 16.2. The maximum Gasteiger partial charge on any atom is 0.123 e. The average molecular weight is 383 g/mol. The Bertz CT molecular complexity index is 796. The van der Waals surface area contributed by atoms with E-state index < -0.39 is 0 Å². The van der Waals surface area contributed by atoms with Crippen molar-refractivity contribution in [3.63, 3.8) is 0 Å². The van der Waals surface area contributed by atoms with Gasteiger partial charge < -0.3 is 14.4 Å². The molecule has 1 aliphatic heterocycles. The maximum atomic E-state index is 13.5. The van der Waals surface area contributed by atoms with Crippen LogP contribution in [0.25, 0.3) is 0 Å². The second-order valence-corrected chi connectivity index (χ2v) is 6.91. The summed E-state index contributed by atoms with van der Waals surface area (Å²) in [5.41, 5.74) is 1.54. The lowest BCUT2D eigenvalue weighted by atomic mass is 10.1. The fourth-order valence-electron chi connectivity index (χ4n) is 3.39. The lowest BCUT2D eigenvalue weighted by Crippen LogP contribution is -2.46. The third-order valence-electron chi connectivity index (χ3n) is 4.97. The van der Waals surface area contributed by atoms with E-state index >= 15 is 0 Å². The van der Waals surface area contributed by atoms with E-state index in [1.54, 1.807) is 31.4 Å². The second-order valence-electron chi connectivity index (χ2n) is 6.91. The zero-order valence-corrected chi connectivity index (χ0v) is 16.2. The van der Waals surface area contributed by atoms with Crippen LogP contribution >= 0.6 is 0 Å². The third-order valence-corrected chi connectivity index (χ3v) is 4.97. The number of halogens is 1. The molecule has 1 fully saturated rings. The monoisotopic (exact) mass is 383 g/mol. The van der Waals surface area contributed by atoms with Gasteiger partial charge >= 0.3 is 0 Å². The first-order valence-corrected chi connectivity index (χ1v) is 9.58. The van der Waals surface area contributed by atoms with Gasteiger partial charge in [-0.05, 0) is 48.9 Å². The Balaban J connectivity index is 1.36. The first kappa shape index (κ1) is 20.1. The fraction of sp³-hybridized carbons (Fsp3) is 0.409. The normalized spacial score (nSPS) is 15.2. The van der Waals surface area contributed by atoms with Gasteiger partial charge in [0.05, 0.1) is 25.3 Å². The Hall–Kier alpha value is -2.62. The molecule has 0 saturated carbocycles. The molecular formula is C22H26FN3O2. The first-order valence-electron chi connectivity index (χ1n) is 9.58. The molecule has 2 aromatic rings. The van der Waals surface area contributed by atoms with Gasteiger partial charge in [0, 0.05) is 44.8 Å². The van der Waals surface area contributed by atoms with E-state index in [1.165, 1.54) is 6.07 Å². The van der Waals surface area contributed by atoms with Crippen molar-refractivity contribution in [1.82, 2.24) is 9.80 Å². The van der Waals surface area contributed by atoms with Gasteiger partial charge in [-0.3, -0.25) is 4.90 Å². The Morgan fingerprint density at radius 2 is 1.75 bits per heavy atom. The molecular weight excluding hydrogens is 357 g/mol. The molecule has 0 bridgehead atoms. The topological polar surface area (TPSA) is 48.7 Å². The van der Waals surface area contributed by atoms with Gasteiger partial charge in [0.25, 0.3) is 0 Å². The van der Waals surface area contributed by atoms with Crippen molar-refractivity contribution in [2.24, 2.45) is 0 Å². The van der Waals surface area contributed by atoms with Crippen LogP contribution in [0, 0.1) is 17.1 Å². The molecule has 1 aliphatic rings. The summed E-state index contributed by atoms with van der Waals surface area (Å²) < 4.78 is 24.6. The van der Waals surface area contributed by atoms with Crippen molar-refractivity contribution in [3.05, 3.63) is 59.4 Å². The quantitative estimate of drug-likeness (QED) is 0.655. The van der Waals surface area contributed by atoms with Crippen LogP contribution in [-0.2, 0) is 6.54 Å². The fourth-order valence-corrected chi connectivity index (χ4v) is 3.39. The smallest absolute Gasteiger partial charge is 0.123 e. The van der Waals surface area contributed by atoms with Crippen LogP contribution in [-0.4, -0.2) is 56.2 Å². The maximum absolute atomic E-state index is 13.5. The van der Waals surface area contributed by atoms with Gasteiger partial charge in [0.1, 0.15) is 17.3 Å². The molecule has 28 heavy (non-hydrogen) atoms. The van der Waals surface area contributed by atoms with Crippen LogP contribution < -0.4 is 9.47 Å². The zero-order chi connectivity index (χ0) is 19.8. The molecule has 0 unspecified atom stereocenters. The van der Waals surface area contributed by atoms with Gasteiger partial charge in [-0.1, -0.05) is 0 Å². The minimum Gasteiger partial charge on any atom is -0.496 e. The van der Waals surface area contributed by atoms with Crippen LogP contribution in [0.1, 0.15) is 17.5 Å². The molecule has 0 atom stereocenters. The molecule has 0 aliphatic carbocycles. The summed E-state index contributed by atoms with van der Waals surface area (Å²) >= 11 is 0. The number of hydrogen-bond acceptors (Lipinski definition) is 5. The highest BCUT2D eigenvalue weighted by atomic mass is 19.1. The molecule has 6 heteroatoms. The number of hydrogen-bond donors (Lipinski definition) is 0. The van der Waals surface area contributed by atoms with Crippen molar-refractivity contribution < 1.29 is 13.9 Å². The highest BCUT2D eigenvalue weighted by molar-refractivity contribution is 5.35. The number of piperazine rings is 1. The number of methoxy groups -OCH3 is 1. The van der Waals surface area contributed by atoms with Crippen molar-refractivity contribution in [1.29, 1.82) is 5.26 Å². The Kier molecular flexibility index (Phi) is 7.24. The van der Waals surface area contributed by atoms with Gasteiger partial charge in [-0.2, -0.15) is 5.26 Å². The van der Waals surface area contributed by atoms with E-state index in [-0.39, 0.29) is 5.82 Å². The van der Waals surface area contributed by atoms with E-state index in [0.29, 0.717) is 18.7 Å². The van der Waals surface area contributed by atoms with Gasteiger partial charge in [0.2, 0.25) is 0 Å². The van der Waals surface area contributed by atoms with Crippen molar-refractivity contribution in [2.45, 2.75) is 13.0 Å². The Morgan fingerprint density at radius 3 is 2.43 bits per heavy atom. The third kappa shape index (κ3) is 5.69. The molecule has 148 valence electrons. The Labute approximate surface area is 165 Å². The number of nitrogens with zero attached hydrogens (tertiary/aromatic N) is 3. The molecule has 3 rings (SSSR count). The minimum absolute atomic E-state index is 0.225. The van der Waals surface area contributed by atoms with E-state index in [4.69, 9.17) is 14.7 Å². The molecule has 0 radical (unpaired) electrons. The summed E-state index contributed by atoms with van der Waals surface area (Å²) in [7, 11) is 1.62. The molecule has 0 N–H and O–H groups in total. The molecule has 2 aromatic carbocycles. The van der Waals surface area contributed by atoms with Gasteiger partial charge in [-0.25, -0.2) is 4.39 Å². The van der Waals surface area contributed by atoms with Crippen molar-refractivity contribution >= 4 is 0 Å². The standard InChI is InChI=1S/C22H26FN3O2/c1-27-22-8-5-20(23)15-19(22)17-26-12-10-25(11-13-26)9-2-14-28-21-6-3-18(16-24)4-7-21/h3-8,15H,2,9-14,17H2,1H3. The largest absolute Gasteiger partial charge is 0.496 e. The number of ether oxygens (including phenoxy) is 2. The van der Waals surface area contributed by atoms with Crippen LogP contribution in [0.2, 0.25) is 0 Å². The Morgan fingerprint density at radius 1 is 1.04 bits per heavy atom. The van der Waals surface area contributed by atoms with E-state index in [2.05, 4.69) is 15.9 Å². The number of nitriles is 1. The lowest BCUT2D eigenvalue weighted by molar-refractivity contribution is 0.120. The molecule has 0 amide bonds. The summed E-state index contributed by atoms with van der Waals surface area (Å²) in [6, 6.07) is 14.0. The van der Waals surface area contributed by atoms with Gasteiger partial charge in [-0.15, -0.1) is 0 Å². The predicted molar refractivity (Wildman–Crippen MR) is 106 cm³/mol.